The van der Waals surface area contributed by atoms with Gasteiger partial charge in [-0.1, -0.05) is 13.0 Å². The monoisotopic (exact) mass is 205 g/mol. The normalized spacial score (nSPS) is 38.5. The Balaban J connectivity index is 1.86. The van der Waals surface area contributed by atoms with Crippen molar-refractivity contribution in [3.05, 3.63) is 29.8 Å². The number of fused-ring (bicyclic) bond motifs is 2. The van der Waals surface area contributed by atoms with E-state index in [-0.39, 0.29) is 5.95 Å². The van der Waals surface area contributed by atoms with Crippen molar-refractivity contribution >= 4 is 0 Å². The predicted octanol–water partition coefficient (Wildman–Crippen LogP) is 3.37. The molecule has 2 aliphatic rings. The second kappa shape index (κ2) is 3.29. The number of halogens is 1. The first-order valence-corrected chi connectivity index (χ1v) is 5.86. The molecule has 1 heterocycles. The average Bonchev–Trinajstić information content (AvgIpc) is 2.76. The number of hydrogen-bond acceptors (Lipinski definition) is 1. The van der Waals surface area contributed by atoms with E-state index >= 15 is 0 Å². The Hall–Kier alpha value is -0.920. The molecule has 0 aliphatic heterocycles. The van der Waals surface area contributed by atoms with Gasteiger partial charge in [0, 0.05) is 11.6 Å². The third-order valence-corrected chi connectivity index (χ3v) is 4.33. The van der Waals surface area contributed by atoms with E-state index in [1.807, 2.05) is 6.07 Å². The van der Waals surface area contributed by atoms with Gasteiger partial charge in [0.1, 0.15) is 0 Å². The van der Waals surface area contributed by atoms with E-state index < -0.39 is 0 Å². The highest BCUT2D eigenvalue weighted by Gasteiger charge is 2.44. The van der Waals surface area contributed by atoms with Crippen LogP contribution >= 0.6 is 0 Å². The molecule has 4 atom stereocenters. The fourth-order valence-electron chi connectivity index (χ4n) is 3.56. The first-order valence-electron chi connectivity index (χ1n) is 5.86. The summed E-state index contributed by atoms with van der Waals surface area (Å²) >= 11 is 0. The van der Waals surface area contributed by atoms with Crippen molar-refractivity contribution in [2.24, 2.45) is 17.8 Å². The maximum atomic E-state index is 13.0. The van der Waals surface area contributed by atoms with Crippen LogP contribution in [0.5, 0.6) is 0 Å². The predicted molar refractivity (Wildman–Crippen MR) is 56.9 cm³/mol. The minimum absolute atomic E-state index is 0.330. The van der Waals surface area contributed by atoms with Crippen molar-refractivity contribution in [2.45, 2.75) is 32.1 Å². The molecule has 0 radical (unpaired) electrons. The minimum Gasteiger partial charge on any atom is -0.225 e. The molecule has 15 heavy (non-hydrogen) atoms. The lowest BCUT2D eigenvalue weighted by molar-refractivity contribution is 0.322. The topological polar surface area (TPSA) is 12.9 Å². The third-order valence-electron chi connectivity index (χ3n) is 4.33. The summed E-state index contributed by atoms with van der Waals surface area (Å²) in [6.45, 7) is 2.35. The lowest BCUT2D eigenvalue weighted by Gasteiger charge is -2.25. The number of hydrogen-bond donors (Lipinski definition) is 0. The van der Waals surface area contributed by atoms with Gasteiger partial charge in [-0.3, -0.25) is 0 Å². The van der Waals surface area contributed by atoms with E-state index in [1.165, 1.54) is 25.3 Å². The summed E-state index contributed by atoms with van der Waals surface area (Å²) in [7, 11) is 0. The molecule has 0 aromatic carbocycles. The summed E-state index contributed by atoms with van der Waals surface area (Å²) in [5.74, 6) is 2.70. The van der Waals surface area contributed by atoms with Crippen molar-refractivity contribution in [3.63, 3.8) is 0 Å². The third kappa shape index (κ3) is 1.47. The van der Waals surface area contributed by atoms with Gasteiger partial charge in [0.2, 0.25) is 5.95 Å². The highest BCUT2D eigenvalue weighted by Crippen LogP contribution is 2.55. The van der Waals surface area contributed by atoms with Gasteiger partial charge in [-0.25, -0.2) is 4.98 Å². The minimum atomic E-state index is -0.330. The molecule has 2 saturated carbocycles. The van der Waals surface area contributed by atoms with E-state index in [0.717, 1.165) is 23.4 Å². The zero-order chi connectivity index (χ0) is 10.4. The molecule has 2 aliphatic carbocycles. The molecule has 1 aromatic heterocycles. The summed E-state index contributed by atoms with van der Waals surface area (Å²) in [5.41, 5.74) is 0.981. The number of aromatic nitrogens is 1. The van der Waals surface area contributed by atoms with E-state index in [4.69, 9.17) is 0 Å². The van der Waals surface area contributed by atoms with Crippen LogP contribution < -0.4 is 0 Å². The summed E-state index contributed by atoms with van der Waals surface area (Å²) in [6.07, 6.45) is 3.87. The Morgan fingerprint density at radius 3 is 2.67 bits per heavy atom. The molecule has 80 valence electrons. The first kappa shape index (κ1) is 9.32. The lowest BCUT2D eigenvalue weighted by Crippen LogP contribution is -2.15. The molecule has 3 rings (SSSR count). The van der Waals surface area contributed by atoms with Gasteiger partial charge in [0.15, 0.2) is 0 Å². The molecule has 0 amide bonds. The summed E-state index contributed by atoms with van der Waals surface area (Å²) in [5, 5.41) is 0. The number of pyridine rings is 1. The highest BCUT2D eigenvalue weighted by atomic mass is 19.1. The van der Waals surface area contributed by atoms with Crippen molar-refractivity contribution in [1.82, 2.24) is 4.98 Å². The van der Waals surface area contributed by atoms with Gasteiger partial charge in [0.25, 0.3) is 0 Å². The molecular formula is C13H16FN. The van der Waals surface area contributed by atoms with Crippen LogP contribution in [0, 0.1) is 23.7 Å². The molecule has 0 spiro atoms. The van der Waals surface area contributed by atoms with Crippen LogP contribution in [0.2, 0.25) is 0 Å². The number of nitrogens with zero attached hydrogens (tertiary/aromatic N) is 1. The van der Waals surface area contributed by atoms with Crippen LogP contribution in [0.4, 0.5) is 4.39 Å². The van der Waals surface area contributed by atoms with E-state index in [0.29, 0.717) is 5.92 Å². The molecule has 4 unspecified atom stereocenters. The Labute approximate surface area is 89.7 Å². The number of rotatable bonds is 1. The van der Waals surface area contributed by atoms with E-state index in [9.17, 15) is 4.39 Å². The first-order chi connectivity index (χ1) is 7.24. The van der Waals surface area contributed by atoms with Gasteiger partial charge >= 0.3 is 0 Å². The Kier molecular flexibility index (Phi) is 2.04. The van der Waals surface area contributed by atoms with Crippen LogP contribution in [0.15, 0.2) is 18.2 Å². The lowest BCUT2D eigenvalue weighted by atomic mass is 9.81. The van der Waals surface area contributed by atoms with Gasteiger partial charge < -0.3 is 0 Å². The Morgan fingerprint density at radius 1 is 1.20 bits per heavy atom. The van der Waals surface area contributed by atoms with Gasteiger partial charge in [-0.2, -0.15) is 4.39 Å². The quantitative estimate of drug-likeness (QED) is 0.640. The average molecular weight is 205 g/mol. The van der Waals surface area contributed by atoms with Crippen LogP contribution in [-0.2, 0) is 0 Å². The van der Waals surface area contributed by atoms with Gasteiger partial charge in [-0.05, 0) is 49.1 Å². The summed E-state index contributed by atoms with van der Waals surface area (Å²) in [6, 6.07) is 5.20. The SMILES string of the molecule is CC1CC2CC1CC2c1cccc(F)n1. The molecule has 2 fully saturated rings. The maximum absolute atomic E-state index is 13.0. The van der Waals surface area contributed by atoms with E-state index in [1.54, 1.807) is 6.07 Å². The van der Waals surface area contributed by atoms with Crippen molar-refractivity contribution in [3.8, 4) is 0 Å². The standard InChI is InChI=1S/C13H16FN/c1-8-5-10-6-9(8)7-11(10)12-3-2-4-13(14)15-12/h2-4,8-11H,5-7H2,1H3. The molecule has 2 heteroatoms. The zero-order valence-corrected chi connectivity index (χ0v) is 8.99. The maximum Gasteiger partial charge on any atom is 0.213 e. The highest BCUT2D eigenvalue weighted by molar-refractivity contribution is 5.16. The molecule has 1 nitrogen and oxygen atoms in total. The summed E-state index contributed by atoms with van der Waals surface area (Å²) < 4.78 is 13.0. The molecular weight excluding hydrogens is 189 g/mol. The zero-order valence-electron chi connectivity index (χ0n) is 8.99. The van der Waals surface area contributed by atoms with Crippen molar-refractivity contribution in [1.29, 1.82) is 0 Å². The van der Waals surface area contributed by atoms with Gasteiger partial charge in [0.05, 0.1) is 0 Å². The van der Waals surface area contributed by atoms with Crippen LogP contribution in [-0.4, -0.2) is 4.98 Å². The second-order valence-corrected chi connectivity index (χ2v) is 5.20. The van der Waals surface area contributed by atoms with Crippen LogP contribution in [0.3, 0.4) is 0 Å². The van der Waals surface area contributed by atoms with Gasteiger partial charge in [-0.15, -0.1) is 0 Å². The Morgan fingerprint density at radius 2 is 2.07 bits per heavy atom. The second-order valence-electron chi connectivity index (χ2n) is 5.20. The molecule has 1 aromatic rings. The summed E-state index contributed by atoms with van der Waals surface area (Å²) in [4.78, 5) is 4.03. The smallest absolute Gasteiger partial charge is 0.213 e. The molecule has 0 N–H and O–H groups in total. The van der Waals surface area contributed by atoms with Crippen LogP contribution in [0.25, 0.3) is 0 Å². The fraction of sp³-hybridized carbons (Fsp3) is 0.615. The fourth-order valence-corrected chi connectivity index (χ4v) is 3.56. The van der Waals surface area contributed by atoms with Crippen molar-refractivity contribution < 1.29 is 4.39 Å². The largest absolute Gasteiger partial charge is 0.225 e. The molecule has 0 saturated heterocycles. The van der Waals surface area contributed by atoms with E-state index in [2.05, 4.69) is 11.9 Å². The van der Waals surface area contributed by atoms with Crippen molar-refractivity contribution in [2.75, 3.05) is 0 Å². The molecule has 2 bridgehead atoms. The van der Waals surface area contributed by atoms with Crippen LogP contribution in [0.1, 0.15) is 37.8 Å². The Bertz CT molecular complexity index is 375.